The molecule has 2 rings (SSSR count). The highest BCUT2D eigenvalue weighted by Gasteiger charge is 2.10. The molecule has 0 aromatic heterocycles. The molecule has 2 aromatic carbocycles. The molecule has 0 heterocycles. The largest absolute Gasteiger partial charge is 0.497 e. The lowest BCUT2D eigenvalue weighted by molar-refractivity contribution is -0.116. The zero-order valence-electron chi connectivity index (χ0n) is 15.4. The maximum atomic E-state index is 12.1. The van der Waals surface area contributed by atoms with Crippen molar-refractivity contribution in [2.24, 2.45) is 0 Å². The molecule has 0 aliphatic carbocycles. The van der Waals surface area contributed by atoms with E-state index < -0.39 is 0 Å². The van der Waals surface area contributed by atoms with E-state index in [1.165, 1.54) is 5.56 Å². The lowest BCUT2D eigenvalue weighted by atomic mass is 10.1. The molecule has 0 atom stereocenters. The van der Waals surface area contributed by atoms with Gasteiger partial charge in [0.25, 0.3) is 0 Å². The molecule has 2 N–H and O–H groups in total. The highest BCUT2D eigenvalue weighted by molar-refractivity contribution is 6.31. The number of ether oxygens (including phenoxy) is 2. The van der Waals surface area contributed by atoms with Gasteiger partial charge in [0.2, 0.25) is 5.91 Å². The summed E-state index contributed by atoms with van der Waals surface area (Å²) < 4.78 is 10.4. The van der Waals surface area contributed by atoms with Crippen LogP contribution in [0.2, 0.25) is 5.02 Å². The Hall–Kier alpha value is -2.24. The first-order valence-electron chi connectivity index (χ1n) is 8.51. The number of halogens is 1. The molecule has 2 aromatic rings. The van der Waals surface area contributed by atoms with Crippen LogP contribution in [0.1, 0.15) is 17.5 Å². The second-order valence-electron chi connectivity index (χ2n) is 5.95. The number of carbonyl (C=O) groups excluding carboxylic acids is 1. The summed E-state index contributed by atoms with van der Waals surface area (Å²) in [6.45, 7) is 3.30. The smallest absolute Gasteiger partial charge is 0.225 e. The van der Waals surface area contributed by atoms with Crippen molar-refractivity contribution >= 4 is 23.2 Å². The van der Waals surface area contributed by atoms with E-state index in [-0.39, 0.29) is 5.91 Å². The Balaban J connectivity index is 1.73. The van der Waals surface area contributed by atoms with E-state index in [4.69, 9.17) is 21.1 Å². The van der Waals surface area contributed by atoms with Crippen molar-refractivity contribution in [2.75, 3.05) is 32.6 Å². The molecule has 0 saturated heterocycles. The Morgan fingerprint density at radius 3 is 2.46 bits per heavy atom. The third-order valence-corrected chi connectivity index (χ3v) is 4.44. The van der Waals surface area contributed by atoms with Gasteiger partial charge in [0.15, 0.2) is 0 Å². The number of benzene rings is 2. The van der Waals surface area contributed by atoms with Crippen LogP contribution in [0.5, 0.6) is 11.5 Å². The molecule has 6 heteroatoms. The second kappa shape index (κ2) is 10.0. The van der Waals surface area contributed by atoms with Crippen LogP contribution in [0.15, 0.2) is 36.4 Å². The van der Waals surface area contributed by atoms with E-state index in [2.05, 4.69) is 10.6 Å². The van der Waals surface area contributed by atoms with Gasteiger partial charge in [-0.1, -0.05) is 23.7 Å². The molecule has 0 spiro atoms. The van der Waals surface area contributed by atoms with Crippen molar-refractivity contribution in [3.05, 3.63) is 52.5 Å². The molecule has 0 aliphatic heterocycles. The second-order valence-corrected chi connectivity index (χ2v) is 6.36. The number of methoxy groups -OCH3 is 2. The third kappa shape index (κ3) is 5.93. The van der Waals surface area contributed by atoms with Gasteiger partial charge in [-0.05, 0) is 49.2 Å². The maximum absolute atomic E-state index is 12.1. The predicted molar refractivity (Wildman–Crippen MR) is 106 cm³/mol. The highest BCUT2D eigenvalue weighted by Crippen LogP contribution is 2.30. The monoisotopic (exact) mass is 376 g/mol. The Morgan fingerprint density at radius 1 is 1.08 bits per heavy atom. The van der Waals surface area contributed by atoms with Gasteiger partial charge in [0.05, 0.1) is 19.9 Å². The number of amides is 1. The molecule has 5 nitrogen and oxygen atoms in total. The zero-order chi connectivity index (χ0) is 18.9. The maximum Gasteiger partial charge on any atom is 0.225 e. The van der Waals surface area contributed by atoms with E-state index in [0.717, 1.165) is 24.3 Å². The molecule has 0 bridgehead atoms. The van der Waals surface area contributed by atoms with E-state index in [1.807, 2.05) is 37.3 Å². The fraction of sp³-hybridized carbons (Fsp3) is 0.350. The Bertz CT molecular complexity index is 733. The number of hydrogen-bond acceptors (Lipinski definition) is 4. The van der Waals surface area contributed by atoms with Crippen molar-refractivity contribution in [3.8, 4) is 11.5 Å². The Labute approximate surface area is 159 Å². The van der Waals surface area contributed by atoms with Crippen molar-refractivity contribution in [2.45, 2.75) is 19.8 Å². The summed E-state index contributed by atoms with van der Waals surface area (Å²) >= 11 is 6.08. The van der Waals surface area contributed by atoms with Crippen LogP contribution in [0.25, 0.3) is 0 Å². The number of nitrogens with one attached hydrogen (secondary N) is 2. The quantitative estimate of drug-likeness (QED) is 0.653. The van der Waals surface area contributed by atoms with Gasteiger partial charge in [-0.15, -0.1) is 0 Å². The van der Waals surface area contributed by atoms with Crippen molar-refractivity contribution < 1.29 is 14.3 Å². The van der Waals surface area contributed by atoms with Gasteiger partial charge in [-0.2, -0.15) is 0 Å². The average Bonchev–Trinajstić information content (AvgIpc) is 2.64. The van der Waals surface area contributed by atoms with Gasteiger partial charge in [-0.25, -0.2) is 0 Å². The van der Waals surface area contributed by atoms with Crippen molar-refractivity contribution in [1.82, 2.24) is 5.32 Å². The van der Waals surface area contributed by atoms with Gasteiger partial charge in [0.1, 0.15) is 11.5 Å². The fourth-order valence-corrected chi connectivity index (χ4v) is 2.65. The summed E-state index contributed by atoms with van der Waals surface area (Å²) in [4.78, 5) is 12.1. The van der Waals surface area contributed by atoms with Crippen LogP contribution in [0.4, 0.5) is 5.69 Å². The average molecular weight is 377 g/mol. The molecule has 1 amide bonds. The number of hydrogen-bond donors (Lipinski definition) is 2. The normalized spacial score (nSPS) is 10.5. The summed E-state index contributed by atoms with van der Waals surface area (Å²) in [5.74, 6) is 1.34. The molecule has 0 saturated carbocycles. The van der Waals surface area contributed by atoms with E-state index in [0.29, 0.717) is 29.4 Å². The zero-order valence-corrected chi connectivity index (χ0v) is 16.2. The van der Waals surface area contributed by atoms with Gasteiger partial charge in [0, 0.05) is 24.1 Å². The SMILES string of the molecule is COc1ccc(CCNCCC(=O)Nc2cc(C)c(Cl)cc2OC)cc1. The number of rotatable bonds is 9. The van der Waals surface area contributed by atoms with E-state index in [9.17, 15) is 4.79 Å². The lowest BCUT2D eigenvalue weighted by Crippen LogP contribution is -2.23. The number of anilines is 1. The Morgan fingerprint density at radius 2 is 1.81 bits per heavy atom. The first-order chi connectivity index (χ1) is 12.5. The Kier molecular flexibility index (Phi) is 7.75. The molecule has 0 fully saturated rings. The van der Waals surface area contributed by atoms with Crippen LogP contribution in [0.3, 0.4) is 0 Å². The van der Waals surface area contributed by atoms with Crippen LogP contribution in [0, 0.1) is 6.92 Å². The highest BCUT2D eigenvalue weighted by atomic mass is 35.5. The predicted octanol–water partition coefficient (Wildman–Crippen LogP) is 3.83. The van der Waals surface area contributed by atoms with E-state index >= 15 is 0 Å². The van der Waals surface area contributed by atoms with E-state index in [1.54, 1.807) is 20.3 Å². The summed E-state index contributed by atoms with van der Waals surface area (Å²) in [6.07, 6.45) is 1.28. The topological polar surface area (TPSA) is 59.6 Å². The van der Waals surface area contributed by atoms with Gasteiger partial charge >= 0.3 is 0 Å². The minimum atomic E-state index is -0.0676. The minimum absolute atomic E-state index is 0.0676. The fourth-order valence-electron chi connectivity index (χ4n) is 2.49. The third-order valence-electron chi connectivity index (χ3n) is 4.03. The lowest BCUT2D eigenvalue weighted by Gasteiger charge is -2.12. The van der Waals surface area contributed by atoms with Crippen molar-refractivity contribution in [3.63, 3.8) is 0 Å². The summed E-state index contributed by atoms with van der Waals surface area (Å²) in [6, 6.07) is 11.5. The molecule has 26 heavy (non-hydrogen) atoms. The van der Waals surface area contributed by atoms with Crippen molar-refractivity contribution in [1.29, 1.82) is 0 Å². The molecule has 0 unspecified atom stereocenters. The molecular weight excluding hydrogens is 352 g/mol. The van der Waals surface area contributed by atoms with Crippen LogP contribution >= 0.6 is 11.6 Å². The summed E-state index contributed by atoms with van der Waals surface area (Å²) in [7, 11) is 3.21. The number of aryl methyl sites for hydroxylation is 1. The first-order valence-corrected chi connectivity index (χ1v) is 8.89. The van der Waals surface area contributed by atoms with Gasteiger partial charge in [-0.3, -0.25) is 4.79 Å². The molecule has 0 radical (unpaired) electrons. The first kappa shape index (κ1) is 20.1. The molecule has 0 aliphatic rings. The molecular formula is C20H25ClN2O3. The summed E-state index contributed by atoms with van der Waals surface area (Å²) in [5, 5.41) is 6.77. The van der Waals surface area contributed by atoms with Crippen LogP contribution < -0.4 is 20.1 Å². The van der Waals surface area contributed by atoms with Gasteiger partial charge < -0.3 is 20.1 Å². The minimum Gasteiger partial charge on any atom is -0.497 e. The molecule has 140 valence electrons. The number of carbonyl (C=O) groups is 1. The van der Waals surface area contributed by atoms with Crippen LogP contribution in [-0.2, 0) is 11.2 Å². The van der Waals surface area contributed by atoms with Crippen LogP contribution in [-0.4, -0.2) is 33.2 Å². The summed E-state index contributed by atoms with van der Waals surface area (Å²) in [5.41, 5.74) is 2.75. The standard InChI is InChI=1S/C20H25ClN2O3/c1-14-12-18(19(26-3)13-17(14)21)23-20(24)9-11-22-10-8-15-4-6-16(25-2)7-5-15/h4-7,12-13,22H,8-11H2,1-3H3,(H,23,24).